The van der Waals surface area contributed by atoms with Crippen molar-refractivity contribution in [1.29, 1.82) is 0 Å². The largest absolute Gasteiger partial charge is 0.468 e. The summed E-state index contributed by atoms with van der Waals surface area (Å²) in [5.74, 6) is 0.918. The van der Waals surface area contributed by atoms with Gasteiger partial charge in [0.1, 0.15) is 5.76 Å². The Hall–Kier alpha value is -0.950. The SMILES string of the molecule is [CH2]Cc1occ2cc(Cl)ccc12. The van der Waals surface area contributed by atoms with E-state index in [0.29, 0.717) is 6.42 Å². The van der Waals surface area contributed by atoms with Crippen molar-refractivity contribution in [3.05, 3.63) is 42.2 Å². The van der Waals surface area contributed by atoms with Gasteiger partial charge in [-0.2, -0.15) is 0 Å². The lowest BCUT2D eigenvalue weighted by Crippen LogP contribution is -1.74. The van der Waals surface area contributed by atoms with Crippen LogP contribution in [0.5, 0.6) is 0 Å². The van der Waals surface area contributed by atoms with Crippen LogP contribution >= 0.6 is 11.6 Å². The third kappa shape index (κ3) is 1.10. The molecular formula is C10H8ClO. The highest BCUT2D eigenvalue weighted by molar-refractivity contribution is 6.31. The van der Waals surface area contributed by atoms with E-state index in [1.54, 1.807) is 6.26 Å². The Labute approximate surface area is 75.9 Å². The first-order valence-electron chi connectivity index (χ1n) is 3.76. The van der Waals surface area contributed by atoms with Crippen LogP contribution in [0.15, 0.2) is 28.9 Å². The zero-order valence-electron chi connectivity index (χ0n) is 6.51. The van der Waals surface area contributed by atoms with Crippen molar-refractivity contribution in [3.63, 3.8) is 0 Å². The highest BCUT2D eigenvalue weighted by Crippen LogP contribution is 2.24. The molecule has 2 heteroatoms. The molecule has 0 aliphatic carbocycles. The van der Waals surface area contributed by atoms with E-state index in [-0.39, 0.29) is 0 Å². The van der Waals surface area contributed by atoms with Gasteiger partial charge in [-0.3, -0.25) is 0 Å². The first kappa shape index (κ1) is 7.69. The quantitative estimate of drug-likeness (QED) is 0.654. The topological polar surface area (TPSA) is 13.1 Å². The normalized spacial score (nSPS) is 10.8. The predicted molar refractivity (Wildman–Crippen MR) is 50.3 cm³/mol. The van der Waals surface area contributed by atoms with Gasteiger partial charge in [-0.15, -0.1) is 0 Å². The molecule has 2 rings (SSSR count). The van der Waals surface area contributed by atoms with Crippen LogP contribution in [0.25, 0.3) is 10.8 Å². The highest BCUT2D eigenvalue weighted by atomic mass is 35.5. The number of hydrogen-bond acceptors (Lipinski definition) is 1. The first-order valence-corrected chi connectivity index (χ1v) is 4.14. The molecule has 0 amide bonds. The minimum Gasteiger partial charge on any atom is -0.468 e. The average Bonchev–Trinajstić information content (AvgIpc) is 2.46. The van der Waals surface area contributed by atoms with E-state index < -0.39 is 0 Å². The smallest absolute Gasteiger partial charge is 0.111 e. The van der Waals surface area contributed by atoms with Crippen molar-refractivity contribution in [2.45, 2.75) is 6.42 Å². The van der Waals surface area contributed by atoms with Crippen LogP contribution in [0.2, 0.25) is 5.02 Å². The number of fused-ring (bicyclic) bond motifs is 1. The van der Waals surface area contributed by atoms with E-state index >= 15 is 0 Å². The van der Waals surface area contributed by atoms with Crippen LogP contribution < -0.4 is 0 Å². The van der Waals surface area contributed by atoms with Crippen LogP contribution in [0.3, 0.4) is 0 Å². The lowest BCUT2D eigenvalue weighted by molar-refractivity contribution is 0.528. The second-order valence-corrected chi connectivity index (χ2v) is 3.08. The predicted octanol–water partition coefficient (Wildman–Crippen LogP) is 3.46. The van der Waals surface area contributed by atoms with E-state index in [1.807, 2.05) is 18.2 Å². The summed E-state index contributed by atoms with van der Waals surface area (Å²) in [7, 11) is 0. The molecular weight excluding hydrogens is 172 g/mol. The van der Waals surface area contributed by atoms with Crippen molar-refractivity contribution in [2.75, 3.05) is 0 Å². The summed E-state index contributed by atoms with van der Waals surface area (Å²) in [4.78, 5) is 0. The first-order chi connectivity index (χ1) is 5.81. The molecule has 0 N–H and O–H groups in total. The molecule has 0 unspecified atom stereocenters. The Morgan fingerprint density at radius 1 is 1.42 bits per heavy atom. The summed E-state index contributed by atoms with van der Waals surface area (Å²) in [5, 5.41) is 2.88. The average molecular weight is 180 g/mol. The Bertz CT molecular complexity index is 403. The highest BCUT2D eigenvalue weighted by Gasteiger charge is 2.03. The third-order valence-corrected chi connectivity index (χ3v) is 2.10. The van der Waals surface area contributed by atoms with Crippen LogP contribution in [0, 0.1) is 6.92 Å². The summed E-state index contributed by atoms with van der Waals surface area (Å²) < 4.78 is 5.30. The van der Waals surface area contributed by atoms with Gasteiger partial charge >= 0.3 is 0 Å². The summed E-state index contributed by atoms with van der Waals surface area (Å²) in [6, 6.07) is 5.71. The fourth-order valence-corrected chi connectivity index (χ4v) is 1.46. The number of furan rings is 1. The maximum atomic E-state index is 5.81. The van der Waals surface area contributed by atoms with Gasteiger partial charge in [0.25, 0.3) is 0 Å². The molecule has 0 saturated carbocycles. The van der Waals surface area contributed by atoms with Gasteiger partial charge in [-0.1, -0.05) is 11.6 Å². The number of benzene rings is 1. The minimum atomic E-state index is 0.672. The molecule has 0 saturated heterocycles. The van der Waals surface area contributed by atoms with Crippen molar-refractivity contribution >= 4 is 22.4 Å². The summed E-state index contributed by atoms with van der Waals surface area (Å²) in [6.07, 6.45) is 2.38. The number of halogens is 1. The third-order valence-electron chi connectivity index (χ3n) is 1.87. The molecule has 1 aromatic heterocycles. The molecule has 1 aromatic carbocycles. The van der Waals surface area contributed by atoms with E-state index in [9.17, 15) is 0 Å². The summed E-state index contributed by atoms with van der Waals surface area (Å²) in [6.45, 7) is 3.77. The Morgan fingerprint density at radius 2 is 2.25 bits per heavy atom. The fraction of sp³-hybridized carbons (Fsp3) is 0.100. The maximum absolute atomic E-state index is 5.81. The molecule has 1 radical (unpaired) electrons. The lowest BCUT2D eigenvalue weighted by atomic mass is 10.1. The molecule has 12 heavy (non-hydrogen) atoms. The molecule has 0 atom stereocenters. The fourth-order valence-electron chi connectivity index (χ4n) is 1.28. The van der Waals surface area contributed by atoms with Crippen molar-refractivity contribution in [3.8, 4) is 0 Å². The molecule has 0 fully saturated rings. The van der Waals surface area contributed by atoms with E-state index in [2.05, 4.69) is 6.92 Å². The van der Waals surface area contributed by atoms with E-state index in [4.69, 9.17) is 16.0 Å². The van der Waals surface area contributed by atoms with Gasteiger partial charge in [0.2, 0.25) is 0 Å². The Balaban J connectivity index is 2.73. The van der Waals surface area contributed by atoms with Gasteiger partial charge in [-0.05, 0) is 25.1 Å². The molecule has 0 aliphatic heterocycles. The molecule has 0 spiro atoms. The standard InChI is InChI=1S/C10H8ClO/c1-2-10-9-4-3-8(11)5-7(9)6-12-10/h3-6H,1-2H2. The lowest BCUT2D eigenvalue weighted by Gasteiger charge is -1.91. The van der Waals surface area contributed by atoms with Crippen molar-refractivity contribution in [2.24, 2.45) is 0 Å². The molecule has 1 heterocycles. The zero-order valence-corrected chi connectivity index (χ0v) is 7.27. The van der Waals surface area contributed by atoms with Crippen LogP contribution in [-0.4, -0.2) is 0 Å². The molecule has 61 valence electrons. The van der Waals surface area contributed by atoms with Crippen molar-refractivity contribution in [1.82, 2.24) is 0 Å². The van der Waals surface area contributed by atoms with Gasteiger partial charge in [0, 0.05) is 22.2 Å². The van der Waals surface area contributed by atoms with Gasteiger partial charge in [0.05, 0.1) is 6.26 Å². The number of rotatable bonds is 1. The van der Waals surface area contributed by atoms with E-state index in [1.165, 1.54) is 0 Å². The number of hydrogen-bond donors (Lipinski definition) is 0. The monoisotopic (exact) mass is 179 g/mol. The minimum absolute atomic E-state index is 0.672. The second kappa shape index (κ2) is 2.83. The van der Waals surface area contributed by atoms with Gasteiger partial charge in [-0.25, -0.2) is 0 Å². The molecule has 0 aliphatic rings. The molecule has 2 aromatic rings. The van der Waals surface area contributed by atoms with Gasteiger partial charge in [0.15, 0.2) is 0 Å². The van der Waals surface area contributed by atoms with Crippen molar-refractivity contribution < 1.29 is 4.42 Å². The van der Waals surface area contributed by atoms with Crippen LogP contribution in [0.4, 0.5) is 0 Å². The van der Waals surface area contributed by atoms with E-state index in [0.717, 1.165) is 21.6 Å². The van der Waals surface area contributed by atoms with Gasteiger partial charge < -0.3 is 4.42 Å². The van der Waals surface area contributed by atoms with Crippen LogP contribution in [-0.2, 0) is 6.42 Å². The second-order valence-electron chi connectivity index (χ2n) is 2.64. The summed E-state index contributed by atoms with van der Waals surface area (Å²) in [5.41, 5.74) is 0. The summed E-state index contributed by atoms with van der Waals surface area (Å²) >= 11 is 5.81. The molecule has 1 nitrogen and oxygen atoms in total. The molecule has 0 bridgehead atoms. The Morgan fingerprint density at radius 3 is 3.00 bits per heavy atom. The zero-order chi connectivity index (χ0) is 8.55. The Kier molecular flexibility index (Phi) is 1.81. The maximum Gasteiger partial charge on any atom is 0.111 e. The van der Waals surface area contributed by atoms with Crippen LogP contribution in [0.1, 0.15) is 5.76 Å².